The van der Waals surface area contributed by atoms with E-state index in [9.17, 15) is 15.2 Å². The van der Waals surface area contributed by atoms with Gasteiger partial charge in [0.1, 0.15) is 5.69 Å². The monoisotopic (exact) mass is 298 g/mol. The molecule has 9 heteroatoms. The zero-order chi connectivity index (χ0) is 16.0. The van der Waals surface area contributed by atoms with E-state index >= 15 is 0 Å². The van der Waals surface area contributed by atoms with Crippen molar-refractivity contribution in [3.63, 3.8) is 0 Å². The highest BCUT2D eigenvalue weighted by Gasteiger charge is 2.23. The number of nitrogens with one attached hydrogen (secondary N) is 2. The van der Waals surface area contributed by atoms with Crippen LogP contribution in [0.4, 0.5) is 17.5 Å². The maximum atomic E-state index is 11.1. The molecule has 0 amide bonds. The Morgan fingerprint density at radius 3 is 2.48 bits per heavy atom. The third-order valence-electron chi connectivity index (χ3n) is 3.44. The largest absolute Gasteiger partial charge is 0.391 e. The first-order chi connectivity index (χ1) is 9.94. The van der Waals surface area contributed by atoms with Crippen molar-refractivity contribution in [2.75, 3.05) is 17.3 Å². The zero-order valence-corrected chi connectivity index (χ0v) is 12.5. The Labute approximate surface area is 123 Å². The molecule has 0 aliphatic rings. The van der Waals surface area contributed by atoms with Crippen molar-refractivity contribution in [2.45, 2.75) is 39.7 Å². The first-order valence-corrected chi connectivity index (χ1v) is 6.86. The maximum absolute atomic E-state index is 11.1. The van der Waals surface area contributed by atoms with Crippen molar-refractivity contribution in [2.24, 2.45) is 11.8 Å². The van der Waals surface area contributed by atoms with E-state index in [1.54, 1.807) is 0 Å². The standard InChI is InChI=1S/C12H22N6O3/c1-4-8(5-2)9(19)6-14-11-10(18(20)21)7(3)15-12(16-11)17-13/h8-9,19H,4-6,13H2,1-3H3,(H2,14,15,16,17). The summed E-state index contributed by atoms with van der Waals surface area (Å²) in [7, 11) is 0. The van der Waals surface area contributed by atoms with Crippen LogP contribution in [0.3, 0.4) is 0 Å². The van der Waals surface area contributed by atoms with Gasteiger partial charge in [0.2, 0.25) is 11.8 Å². The number of aliphatic hydroxyl groups excluding tert-OH is 1. The normalized spacial score (nSPS) is 12.3. The predicted octanol–water partition coefficient (Wildman–Crippen LogP) is 1.19. The van der Waals surface area contributed by atoms with Gasteiger partial charge in [-0.3, -0.25) is 15.5 Å². The highest BCUT2D eigenvalue weighted by atomic mass is 16.6. The molecule has 1 rings (SSSR count). The molecule has 0 radical (unpaired) electrons. The molecular formula is C12H22N6O3. The average molecular weight is 298 g/mol. The second kappa shape index (κ2) is 7.70. The summed E-state index contributed by atoms with van der Waals surface area (Å²) in [4.78, 5) is 18.4. The van der Waals surface area contributed by atoms with Gasteiger partial charge in [0, 0.05) is 6.54 Å². The van der Waals surface area contributed by atoms with Crippen LogP contribution in [0.15, 0.2) is 0 Å². The van der Waals surface area contributed by atoms with Gasteiger partial charge >= 0.3 is 5.69 Å². The second-order valence-electron chi connectivity index (χ2n) is 4.76. The number of nitrogens with zero attached hydrogens (tertiary/aromatic N) is 3. The smallest absolute Gasteiger partial charge is 0.332 e. The fourth-order valence-electron chi connectivity index (χ4n) is 2.17. The Hall–Kier alpha value is -2.00. The molecule has 0 aliphatic heterocycles. The van der Waals surface area contributed by atoms with Crippen LogP contribution in [0.5, 0.6) is 0 Å². The molecule has 5 N–H and O–H groups in total. The van der Waals surface area contributed by atoms with Gasteiger partial charge in [-0.15, -0.1) is 0 Å². The van der Waals surface area contributed by atoms with Crippen molar-refractivity contribution in [3.8, 4) is 0 Å². The number of aromatic nitrogens is 2. The molecule has 0 aliphatic carbocycles. The minimum Gasteiger partial charge on any atom is -0.391 e. The summed E-state index contributed by atoms with van der Waals surface area (Å²) in [6.07, 6.45) is 1.06. The van der Waals surface area contributed by atoms with Crippen LogP contribution in [0, 0.1) is 23.0 Å². The quantitative estimate of drug-likeness (QED) is 0.319. The van der Waals surface area contributed by atoms with Gasteiger partial charge in [-0.2, -0.15) is 4.98 Å². The SMILES string of the molecule is CCC(CC)C(O)CNc1nc(NN)nc(C)c1[N+](=O)[O-]. The van der Waals surface area contributed by atoms with Crippen LogP contribution >= 0.6 is 0 Å². The van der Waals surface area contributed by atoms with Crippen LogP contribution in [-0.2, 0) is 0 Å². The fourth-order valence-corrected chi connectivity index (χ4v) is 2.17. The summed E-state index contributed by atoms with van der Waals surface area (Å²) in [5.41, 5.74) is 2.24. The molecule has 0 spiro atoms. The van der Waals surface area contributed by atoms with E-state index in [0.29, 0.717) is 0 Å². The first kappa shape index (κ1) is 17.1. The summed E-state index contributed by atoms with van der Waals surface area (Å²) in [5, 5.41) is 24.0. The Morgan fingerprint density at radius 2 is 2.00 bits per heavy atom. The Morgan fingerprint density at radius 1 is 1.38 bits per heavy atom. The maximum Gasteiger partial charge on any atom is 0.332 e. The number of hydrazine groups is 1. The average Bonchev–Trinajstić information content (AvgIpc) is 2.45. The molecule has 0 saturated heterocycles. The lowest BCUT2D eigenvalue weighted by Crippen LogP contribution is -2.28. The van der Waals surface area contributed by atoms with Crippen LogP contribution in [0.1, 0.15) is 32.4 Å². The van der Waals surface area contributed by atoms with Crippen LogP contribution < -0.4 is 16.6 Å². The summed E-state index contributed by atoms with van der Waals surface area (Å²) in [6, 6.07) is 0. The lowest BCUT2D eigenvalue weighted by atomic mass is 9.96. The van der Waals surface area contributed by atoms with Gasteiger partial charge in [-0.05, 0) is 12.8 Å². The summed E-state index contributed by atoms with van der Waals surface area (Å²) >= 11 is 0. The summed E-state index contributed by atoms with van der Waals surface area (Å²) < 4.78 is 0. The van der Waals surface area contributed by atoms with E-state index in [4.69, 9.17) is 5.84 Å². The van der Waals surface area contributed by atoms with Crippen LogP contribution in [0.25, 0.3) is 0 Å². The number of hydrogen-bond donors (Lipinski definition) is 4. The predicted molar refractivity (Wildman–Crippen MR) is 79.8 cm³/mol. The molecule has 21 heavy (non-hydrogen) atoms. The summed E-state index contributed by atoms with van der Waals surface area (Å²) in [6.45, 7) is 5.66. The third kappa shape index (κ3) is 4.23. The highest BCUT2D eigenvalue weighted by Crippen LogP contribution is 2.26. The first-order valence-electron chi connectivity index (χ1n) is 6.86. The van der Waals surface area contributed by atoms with Crippen molar-refractivity contribution in [1.82, 2.24) is 9.97 Å². The number of aryl methyl sites for hydroxylation is 1. The van der Waals surface area contributed by atoms with E-state index < -0.39 is 11.0 Å². The number of anilines is 2. The molecule has 1 aromatic heterocycles. The molecule has 0 fully saturated rings. The number of aliphatic hydroxyl groups is 1. The van der Waals surface area contributed by atoms with Crippen molar-refractivity contribution >= 4 is 17.5 Å². The number of rotatable bonds is 8. The number of hydrogen-bond acceptors (Lipinski definition) is 8. The van der Waals surface area contributed by atoms with Crippen molar-refractivity contribution in [1.29, 1.82) is 0 Å². The number of nitrogens with two attached hydrogens (primary N) is 1. The van der Waals surface area contributed by atoms with E-state index in [1.165, 1.54) is 6.92 Å². The van der Waals surface area contributed by atoms with Crippen molar-refractivity contribution < 1.29 is 10.0 Å². The molecule has 118 valence electrons. The van der Waals surface area contributed by atoms with Gasteiger partial charge in [0.15, 0.2) is 0 Å². The van der Waals surface area contributed by atoms with Gasteiger partial charge < -0.3 is 10.4 Å². The molecule has 1 heterocycles. The molecule has 1 unspecified atom stereocenters. The van der Waals surface area contributed by atoms with E-state index in [1.807, 2.05) is 13.8 Å². The fraction of sp³-hybridized carbons (Fsp3) is 0.667. The Bertz CT molecular complexity index is 492. The molecule has 0 bridgehead atoms. The van der Waals surface area contributed by atoms with Gasteiger partial charge in [-0.1, -0.05) is 26.7 Å². The van der Waals surface area contributed by atoms with Crippen molar-refractivity contribution in [3.05, 3.63) is 15.8 Å². The molecular weight excluding hydrogens is 276 g/mol. The van der Waals surface area contributed by atoms with Crippen LogP contribution in [0.2, 0.25) is 0 Å². The highest BCUT2D eigenvalue weighted by molar-refractivity contribution is 5.60. The molecule has 0 aromatic carbocycles. The summed E-state index contributed by atoms with van der Waals surface area (Å²) in [5.74, 6) is 5.50. The van der Waals surface area contributed by atoms with E-state index in [0.717, 1.165) is 12.8 Å². The molecule has 1 atom stereocenters. The molecule has 1 aromatic rings. The third-order valence-corrected chi connectivity index (χ3v) is 3.44. The van der Waals surface area contributed by atoms with Gasteiger partial charge in [-0.25, -0.2) is 10.8 Å². The topological polar surface area (TPSA) is 139 Å². The van der Waals surface area contributed by atoms with E-state index in [2.05, 4.69) is 20.7 Å². The minimum atomic E-state index is -0.607. The van der Waals surface area contributed by atoms with Gasteiger partial charge in [0.05, 0.1) is 11.0 Å². The Kier molecular flexibility index (Phi) is 6.25. The molecule has 0 saturated carbocycles. The lowest BCUT2D eigenvalue weighted by molar-refractivity contribution is -0.385. The number of nitrogen functional groups attached to an aromatic ring is 1. The Balaban J connectivity index is 2.96. The lowest BCUT2D eigenvalue weighted by Gasteiger charge is -2.20. The van der Waals surface area contributed by atoms with Gasteiger partial charge in [0.25, 0.3) is 0 Å². The van der Waals surface area contributed by atoms with Crippen LogP contribution in [-0.4, -0.2) is 32.6 Å². The zero-order valence-electron chi connectivity index (χ0n) is 12.5. The van der Waals surface area contributed by atoms with E-state index in [-0.39, 0.29) is 35.6 Å². The minimum absolute atomic E-state index is 0.0467. The number of nitro groups is 1. The molecule has 9 nitrogen and oxygen atoms in total. The second-order valence-corrected chi connectivity index (χ2v) is 4.76.